The van der Waals surface area contributed by atoms with Crippen LogP contribution in [0.15, 0.2) is 36.4 Å². The molecule has 0 aromatic heterocycles. The molecule has 1 fully saturated rings. The van der Waals surface area contributed by atoms with Gasteiger partial charge in [-0.2, -0.15) is 0 Å². The van der Waals surface area contributed by atoms with Crippen LogP contribution in [-0.4, -0.2) is 37.0 Å². The lowest BCUT2D eigenvalue weighted by atomic mass is 10.1. The van der Waals surface area contributed by atoms with E-state index in [9.17, 15) is 4.79 Å². The highest BCUT2D eigenvalue weighted by atomic mass is 16.5. The van der Waals surface area contributed by atoms with Gasteiger partial charge in [-0.3, -0.25) is 9.69 Å². The molecule has 0 bridgehead atoms. The molecule has 0 spiro atoms. The predicted octanol–water partition coefficient (Wildman–Crippen LogP) is 3.45. The Balaban J connectivity index is 1.92. The molecule has 1 aromatic carbocycles. The number of hydrogen-bond acceptors (Lipinski definition) is 3. The molecule has 120 valence electrons. The van der Waals surface area contributed by atoms with Crippen LogP contribution in [0.4, 0.5) is 5.69 Å². The van der Waals surface area contributed by atoms with Crippen LogP contribution in [0.25, 0.3) is 0 Å². The fourth-order valence-corrected chi connectivity index (χ4v) is 2.65. The van der Waals surface area contributed by atoms with Gasteiger partial charge < -0.3 is 10.1 Å². The van der Waals surface area contributed by atoms with E-state index in [0.717, 1.165) is 36.4 Å². The Labute approximate surface area is 133 Å². The van der Waals surface area contributed by atoms with Crippen molar-refractivity contribution in [1.29, 1.82) is 0 Å². The molecule has 22 heavy (non-hydrogen) atoms. The first-order valence-electron chi connectivity index (χ1n) is 7.94. The summed E-state index contributed by atoms with van der Waals surface area (Å²) in [6.07, 6.45) is 4.44. The van der Waals surface area contributed by atoms with Crippen LogP contribution in [0, 0.1) is 0 Å². The van der Waals surface area contributed by atoms with Gasteiger partial charge in [0.1, 0.15) is 12.4 Å². The van der Waals surface area contributed by atoms with Crippen molar-refractivity contribution >= 4 is 11.6 Å². The molecule has 1 aliphatic rings. The van der Waals surface area contributed by atoms with Gasteiger partial charge in [0.25, 0.3) is 0 Å². The fourth-order valence-electron chi connectivity index (χ4n) is 2.65. The van der Waals surface area contributed by atoms with E-state index >= 15 is 0 Å². The molecular formula is C18H26N2O2. The Morgan fingerprint density at radius 1 is 1.32 bits per heavy atom. The highest BCUT2D eigenvalue weighted by Crippen LogP contribution is 2.19. The number of anilines is 1. The molecular weight excluding hydrogens is 276 g/mol. The number of likely N-dealkylation sites (tertiary alicyclic amines) is 1. The van der Waals surface area contributed by atoms with Gasteiger partial charge in [-0.25, -0.2) is 0 Å². The standard InChI is InChI=1S/C18H26N2O2/c1-14(2)13-22-16-10-8-15(9-11-16)19-18(21)17-7-5-4-6-12-20(17)3/h8-11,17H,1,4-7,12-13H2,2-3H3,(H,19,21)/t17-/m0/s1. The van der Waals surface area contributed by atoms with E-state index in [2.05, 4.69) is 16.8 Å². The number of benzene rings is 1. The van der Waals surface area contributed by atoms with Gasteiger partial charge in [0, 0.05) is 5.69 Å². The summed E-state index contributed by atoms with van der Waals surface area (Å²) in [5.41, 5.74) is 1.79. The van der Waals surface area contributed by atoms with E-state index in [1.165, 1.54) is 12.8 Å². The number of amides is 1. The minimum Gasteiger partial charge on any atom is -0.489 e. The van der Waals surface area contributed by atoms with E-state index in [1.54, 1.807) is 0 Å². The van der Waals surface area contributed by atoms with Crippen LogP contribution in [0.3, 0.4) is 0 Å². The zero-order valence-corrected chi connectivity index (χ0v) is 13.6. The number of nitrogens with zero attached hydrogens (tertiary/aromatic N) is 1. The highest BCUT2D eigenvalue weighted by molar-refractivity contribution is 5.94. The maximum Gasteiger partial charge on any atom is 0.241 e. The lowest BCUT2D eigenvalue weighted by Gasteiger charge is -2.24. The molecule has 1 aromatic rings. The largest absolute Gasteiger partial charge is 0.489 e. The molecule has 1 aliphatic heterocycles. The second-order valence-electron chi connectivity index (χ2n) is 6.11. The first-order valence-corrected chi connectivity index (χ1v) is 7.94. The third kappa shape index (κ3) is 4.88. The van der Waals surface area contributed by atoms with Crippen molar-refractivity contribution in [1.82, 2.24) is 4.90 Å². The van der Waals surface area contributed by atoms with Crippen LogP contribution in [-0.2, 0) is 4.79 Å². The molecule has 0 radical (unpaired) electrons. The summed E-state index contributed by atoms with van der Waals surface area (Å²) in [4.78, 5) is 14.6. The lowest BCUT2D eigenvalue weighted by molar-refractivity contribution is -0.120. The van der Waals surface area contributed by atoms with Gasteiger partial charge in [0.15, 0.2) is 0 Å². The monoisotopic (exact) mass is 302 g/mol. The molecule has 2 rings (SSSR count). The molecule has 1 saturated heterocycles. The van der Waals surface area contributed by atoms with E-state index in [1.807, 2.05) is 38.2 Å². The second kappa shape index (κ2) is 7.99. The van der Waals surface area contributed by atoms with Gasteiger partial charge in [-0.1, -0.05) is 19.4 Å². The van der Waals surface area contributed by atoms with Gasteiger partial charge in [0.05, 0.1) is 6.04 Å². The zero-order valence-electron chi connectivity index (χ0n) is 13.6. The Hall–Kier alpha value is -1.81. The van der Waals surface area contributed by atoms with Crippen molar-refractivity contribution in [3.8, 4) is 5.75 Å². The second-order valence-corrected chi connectivity index (χ2v) is 6.11. The van der Waals surface area contributed by atoms with Gasteiger partial charge in [-0.05, 0) is 63.2 Å². The van der Waals surface area contributed by atoms with Crippen molar-refractivity contribution in [2.24, 2.45) is 0 Å². The third-order valence-electron chi connectivity index (χ3n) is 3.93. The van der Waals surface area contributed by atoms with Crippen molar-refractivity contribution < 1.29 is 9.53 Å². The summed E-state index contributed by atoms with van der Waals surface area (Å²) in [5.74, 6) is 0.868. The number of carbonyl (C=O) groups is 1. The van der Waals surface area contributed by atoms with Crippen LogP contribution >= 0.6 is 0 Å². The average molecular weight is 302 g/mol. The quantitative estimate of drug-likeness (QED) is 0.847. The molecule has 1 atom stereocenters. The third-order valence-corrected chi connectivity index (χ3v) is 3.93. The van der Waals surface area contributed by atoms with E-state index in [0.29, 0.717) is 6.61 Å². The fraction of sp³-hybridized carbons (Fsp3) is 0.500. The van der Waals surface area contributed by atoms with Crippen molar-refractivity contribution in [3.63, 3.8) is 0 Å². The summed E-state index contributed by atoms with van der Waals surface area (Å²) >= 11 is 0. The summed E-state index contributed by atoms with van der Waals surface area (Å²) < 4.78 is 5.56. The first kappa shape index (κ1) is 16.6. The van der Waals surface area contributed by atoms with E-state index in [-0.39, 0.29) is 11.9 Å². The number of likely N-dealkylation sites (N-methyl/N-ethyl adjacent to an activating group) is 1. The average Bonchev–Trinajstić information content (AvgIpc) is 2.71. The normalized spacial score (nSPS) is 19.3. The molecule has 1 heterocycles. The summed E-state index contributed by atoms with van der Waals surface area (Å²) in [6.45, 7) is 7.24. The summed E-state index contributed by atoms with van der Waals surface area (Å²) in [7, 11) is 2.03. The number of ether oxygens (including phenoxy) is 1. The van der Waals surface area contributed by atoms with E-state index < -0.39 is 0 Å². The van der Waals surface area contributed by atoms with Gasteiger partial charge in [-0.15, -0.1) is 0 Å². The van der Waals surface area contributed by atoms with Crippen molar-refractivity contribution in [2.45, 2.75) is 38.6 Å². The van der Waals surface area contributed by atoms with Gasteiger partial charge >= 0.3 is 0 Å². The Bertz CT molecular complexity index is 510. The Kier molecular flexibility index (Phi) is 6.01. The summed E-state index contributed by atoms with van der Waals surface area (Å²) in [5, 5.41) is 3.01. The minimum absolute atomic E-state index is 0.0261. The number of rotatable bonds is 5. The SMILES string of the molecule is C=C(C)COc1ccc(NC(=O)[C@@H]2CCCCCN2C)cc1. The molecule has 1 amide bonds. The minimum atomic E-state index is -0.0261. The maximum atomic E-state index is 12.4. The molecule has 0 aliphatic carbocycles. The molecule has 4 nitrogen and oxygen atoms in total. The lowest BCUT2D eigenvalue weighted by Crippen LogP contribution is -2.41. The van der Waals surface area contributed by atoms with Crippen molar-refractivity contribution in [2.75, 3.05) is 25.5 Å². The topological polar surface area (TPSA) is 41.6 Å². The molecule has 0 unspecified atom stereocenters. The zero-order chi connectivity index (χ0) is 15.9. The highest BCUT2D eigenvalue weighted by Gasteiger charge is 2.24. The molecule has 1 N–H and O–H groups in total. The van der Waals surface area contributed by atoms with Crippen LogP contribution in [0.5, 0.6) is 5.75 Å². The Morgan fingerprint density at radius 2 is 2.05 bits per heavy atom. The number of carbonyl (C=O) groups excluding carboxylic acids is 1. The van der Waals surface area contributed by atoms with Gasteiger partial charge in [0.2, 0.25) is 5.91 Å². The van der Waals surface area contributed by atoms with Crippen LogP contribution in [0.2, 0.25) is 0 Å². The van der Waals surface area contributed by atoms with E-state index in [4.69, 9.17) is 4.74 Å². The van der Waals surface area contributed by atoms with Crippen LogP contribution in [0.1, 0.15) is 32.6 Å². The maximum absolute atomic E-state index is 12.4. The first-order chi connectivity index (χ1) is 10.6. The smallest absolute Gasteiger partial charge is 0.241 e. The Morgan fingerprint density at radius 3 is 2.73 bits per heavy atom. The number of nitrogens with one attached hydrogen (secondary N) is 1. The molecule has 4 heteroatoms. The summed E-state index contributed by atoms with van der Waals surface area (Å²) in [6, 6.07) is 7.47. The van der Waals surface area contributed by atoms with Crippen molar-refractivity contribution in [3.05, 3.63) is 36.4 Å². The van der Waals surface area contributed by atoms with Crippen LogP contribution < -0.4 is 10.1 Å². The predicted molar refractivity (Wildman–Crippen MR) is 90.3 cm³/mol. The molecule has 0 saturated carbocycles. The number of hydrogen-bond donors (Lipinski definition) is 1.